The predicted molar refractivity (Wildman–Crippen MR) is 135 cm³/mol. The van der Waals surface area contributed by atoms with Crippen LogP contribution in [0.1, 0.15) is 51.8 Å². The summed E-state index contributed by atoms with van der Waals surface area (Å²) in [5.41, 5.74) is 0.805. The minimum atomic E-state index is 0. The van der Waals surface area contributed by atoms with E-state index >= 15 is 0 Å². The molecule has 168 valence electrons. The van der Waals surface area contributed by atoms with Crippen LogP contribution in [0, 0.1) is 5.92 Å². The summed E-state index contributed by atoms with van der Waals surface area (Å²) in [6.45, 7) is 11.5. The van der Waals surface area contributed by atoms with Gasteiger partial charge >= 0.3 is 0 Å². The van der Waals surface area contributed by atoms with E-state index in [2.05, 4.69) is 46.5 Å². The van der Waals surface area contributed by atoms with Crippen molar-refractivity contribution in [1.82, 2.24) is 15.5 Å². The van der Waals surface area contributed by atoms with Crippen LogP contribution in [-0.4, -0.2) is 50.7 Å². The molecule has 0 bridgehead atoms. The number of piperidine rings is 1. The topological polar surface area (TPSA) is 62.0 Å². The Balaban J connectivity index is 0.00000320. The van der Waals surface area contributed by atoms with Gasteiger partial charge in [0.15, 0.2) is 17.3 Å². The summed E-state index contributed by atoms with van der Waals surface area (Å²) in [6.07, 6.45) is 3.80. The van der Waals surface area contributed by atoms with Gasteiger partial charge in [-0.1, -0.05) is 19.1 Å². The number of aliphatic imine (C=N–C) groups is 1. The number of furan rings is 1. The number of hydrogen-bond acceptors (Lipinski definition) is 4. The summed E-state index contributed by atoms with van der Waals surface area (Å²) in [7, 11) is 1.81. The number of likely N-dealkylation sites (tertiary alicyclic amines) is 1. The third kappa shape index (κ3) is 6.51. The summed E-state index contributed by atoms with van der Waals surface area (Å²) >= 11 is 0. The first-order valence-electron chi connectivity index (χ1n) is 11.0. The van der Waals surface area contributed by atoms with Crippen LogP contribution in [0.4, 0.5) is 0 Å². The van der Waals surface area contributed by atoms with Crippen molar-refractivity contribution in [2.24, 2.45) is 10.9 Å². The van der Waals surface area contributed by atoms with Gasteiger partial charge in [0.1, 0.15) is 5.76 Å². The fourth-order valence-electron chi connectivity index (χ4n) is 4.00. The molecule has 7 heteroatoms. The van der Waals surface area contributed by atoms with Gasteiger partial charge in [-0.25, -0.2) is 0 Å². The number of para-hydroxylation sites is 1. The maximum absolute atomic E-state index is 6.10. The molecule has 1 aliphatic heterocycles. The van der Waals surface area contributed by atoms with E-state index in [1.807, 2.05) is 26.1 Å². The highest BCUT2D eigenvalue weighted by atomic mass is 127. The molecule has 2 heterocycles. The average molecular weight is 528 g/mol. The van der Waals surface area contributed by atoms with Gasteiger partial charge in [0.05, 0.1) is 12.6 Å². The molecule has 30 heavy (non-hydrogen) atoms. The summed E-state index contributed by atoms with van der Waals surface area (Å²) in [4.78, 5) is 6.92. The number of fused-ring (bicyclic) bond motifs is 1. The molecule has 2 aromatic rings. The largest absolute Gasteiger partial charge is 0.490 e. The number of halogens is 1. The van der Waals surface area contributed by atoms with E-state index in [-0.39, 0.29) is 30.0 Å². The third-order valence-electron chi connectivity index (χ3n) is 5.83. The molecular formula is C23H37IN4O2. The van der Waals surface area contributed by atoms with E-state index in [1.165, 1.54) is 38.9 Å². The second kappa shape index (κ2) is 12.4. The van der Waals surface area contributed by atoms with Gasteiger partial charge in [0.25, 0.3) is 0 Å². The van der Waals surface area contributed by atoms with Crippen molar-refractivity contribution in [3.8, 4) is 5.75 Å². The molecule has 1 saturated heterocycles. The second-order valence-electron chi connectivity index (χ2n) is 7.79. The van der Waals surface area contributed by atoms with Crippen molar-refractivity contribution in [2.75, 3.05) is 39.8 Å². The fourth-order valence-corrected chi connectivity index (χ4v) is 4.00. The lowest BCUT2D eigenvalue weighted by atomic mass is 9.93. The van der Waals surface area contributed by atoms with Crippen LogP contribution in [0.2, 0.25) is 0 Å². The van der Waals surface area contributed by atoms with Crippen LogP contribution in [0.5, 0.6) is 5.75 Å². The Morgan fingerprint density at radius 1 is 1.30 bits per heavy atom. The van der Waals surface area contributed by atoms with Gasteiger partial charge in [0.2, 0.25) is 0 Å². The summed E-state index contributed by atoms with van der Waals surface area (Å²) in [5, 5.41) is 7.97. The van der Waals surface area contributed by atoms with E-state index in [9.17, 15) is 0 Å². The first-order chi connectivity index (χ1) is 14.1. The lowest BCUT2D eigenvalue weighted by Crippen LogP contribution is -2.40. The minimum Gasteiger partial charge on any atom is -0.490 e. The maximum atomic E-state index is 6.10. The first-order valence-corrected chi connectivity index (χ1v) is 11.0. The Labute approximate surface area is 197 Å². The van der Waals surface area contributed by atoms with Crippen molar-refractivity contribution in [2.45, 2.75) is 46.1 Å². The predicted octanol–water partition coefficient (Wildman–Crippen LogP) is 4.80. The van der Waals surface area contributed by atoms with E-state index in [4.69, 9.17) is 9.15 Å². The Morgan fingerprint density at radius 3 is 2.73 bits per heavy atom. The average Bonchev–Trinajstić information content (AvgIpc) is 3.19. The molecule has 0 radical (unpaired) electrons. The number of benzene rings is 1. The SMILES string of the molecule is CCOc1cccc2cc(C(C)NC(=NC)NCCC3CCN(CC)CC3)oc12.I. The number of hydrogen-bond donors (Lipinski definition) is 2. The highest BCUT2D eigenvalue weighted by molar-refractivity contribution is 14.0. The molecule has 0 amide bonds. The molecule has 1 fully saturated rings. The quantitative estimate of drug-likeness (QED) is 0.293. The van der Waals surface area contributed by atoms with Gasteiger partial charge in [-0.3, -0.25) is 4.99 Å². The molecule has 1 unspecified atom stereocenters. The second-order valence-corrected chi connectivity index (χ2v) is 7.79. The summed E-state index contributed by atoms with van der Waals surface area (Å²) < 4.78 is 11.8. The molecule has 1 atom stereocenters. The molecule has 0 aliphatic carbocycles. The summed E-state index contributed by atoms with van der Waals surface area (Å²) in [6, 6.07) is 8.08. The third-order valence-corrected chi connectivity index (χ3v) is 5.83. The summed E-state index contributed by atoms with van der Waals surface area (Å²) in [5.74, 6) is 3.30. The molecule has 1 aliphatic rings. The molecule has 0 saturated carbocycles. The normalized spacial score (nSPS) is 16.9. The zero-order chi connectivity index (χ0) is 20.6. The van der Waals surface area contributed by atoms with E-state index < -0.39 is 0 Å². The highest BCUT2D eigenvalue weighted by Crippen LogP contribution is 2.31. The molecule has 6 nitrogen and oxygen atoms in total. The van der Waals surface area contributed by atoms with Crippen molar-refractivity contribution in [3.63, 3.8) is 0 Å². The van der Waals surface area contributed by atoms with Gasteiger partial charge in [-0.15, -0.1) is 24.0 Å². The molecule has 0 spiro atoms. The van der Waals surface area contributed by atoms with Crippen LogP contribution in [-0.2, 0) is 0 Å². The lowest BCUT2D eigenvalue weighted by molar-refractivity contribution is 0.187. The van der Waals surface area contributed by atoms with Crippen molar-refractivity contribution in [3.05, 3.63) is 30.0 Å². The number of ether oxygens (including phenoxy) is 1. The van der Waals surface area contributed by atoms with Crippen molar-refractivity contribution >= 4 is 40.9 Å². The van der Waals surface area contributed by atoms with Gasteiger partial charge < -0.3 is 24.7 Å². The van der Waals surface area contributed by atoms with Crippen LogP contribution in [0.3, 0.4) is 0 Å². The molecular weight excluding hydrogens is 491 g/mol. The smallest absolute Gasteiger partial charge is 0.191 e. The Kier molecular flexibility index (Phi) is 10.2. The Hall–Kier alpha value is -1.48. The number of guanidine groups is 1. The Bertz CT molecular complexity index is 800. The van der Waals surface area contributed by atoms with Crippen LogP contribution >= 0.6 is 24.0 Å². The van der Waals surface area contributed by atoms with E-state index in [0.29, 0.717) is 6.61 Å². The maximum Gasteiger partial charge on any atom is 0.191 e. The zero-order valence-electron chi connectivity index (χ0n) is 18.7. The van der Waals surface area contributed by atoms with E-state index in [1.54, 1.807) is 0 Å². The van der Waals surface area contributed by atoms with Crippen LogP contribution in [0.15, 0.2) is 33.7 Å². The zero-order valence-corrected chi connectivity index (χ0v) is 21.1. The first kappa shape index (κ1) is 24.8. The highest BCUT2D eigenvalue weighted by Gasteiger charge is 2.18. The molecule has 3 rings (SSSR count). The van der Waals surface area contributed by atoms with E-state index in [0.717, 1.165) is 40.9 Å². The number of nitrogens with one attached hydrogen (secondary N) is 2. The van der Waals surface area contributed by atoms with Gasteiger partial charge in [-0.2, -0.15) is 0 Å². The van der Waals surface area contributed by atoms with Crippen LogP contribution < -0.4 is 15.4 Å². The molecule has 1 aromatic carbocycles. The monoisotopic (exact) mass is 528 g/mol. The number of nitrogens with zero attached hydrogens (tertiary/aromatic N) is 2. The van der Waals surface area contributed by atoms with Crippen molar-refractivity contribution < 1.29 is 9.15 Å². The molecule has 2 N–H and O–H groups in total. The van der Waals surface area contributed by atoms with Gasteiger partial charge in [-0.05, 0) is 70.8 Å². The fraction of sp³-hybridized carbons (Fsp3) is 0.609. The van der Waals surface area contributed by atoms with Gasteiger partial charge in [0, 0.05) is 19.0 Å². The van der Waals surface area contributed by atoms with Crippen molar-refractivity contribution in [1.29, 1.82) is 0 Å². The lowest BCUT2D eigenvalue weighted by Gasteiger charge is -2.31. The molecule has 1 aromatic heterocycles. The minimum absolute atomic E-state index is 0. The number of rotatable bonds is 8. The van der Waals surface area contributed by atoms with Crippen LogP contribution in [0.25, 0.3) is 11.0 Å². The standard InChI is InChI=1S/C23H36N4O2.HI/c1-5-27-14-11-18(12-15-27)10-13-25-23(24-4)26-17(3)21-16-19-8-7-9-20(28-6-2)22(19)29-21;/h7-9,16-18H,5-6,10-15H2,1-4H3,(H2,24,25,26);1H. The Morgan fingerprint density at radius 2 is 2.07 bits per heavy atom.